The van der Waals surface area contributed by atoms with Gasteiger partial charge in [-0.3, -0.25) is 4.79 Å². The minimum atomic E-state index is -0.426. The van der Waals surface area contributed by atoms with Gasteiger partial charge in [0.1, 0.15) is 18.0 Å². The predicted octanol–water partition coefficient (Wildman–Crippen LogP) is 0.185. The number of methoxy groups -OCH3 is 2. The van der Waals surface area contributed by atoms with Crippen molar-refractivity contribution in [3.63, 3.8) is 0 Å². The van der Waals surface area contributed by atoms with E-state index in [2.05, 4.69) is 41.9 Å². The molecule has 0 spiro atoms. The van der Waals surface area contributed by atoms with Crippen LogP contribution in [0.4, 0.5) is 5.95 Å². The van der Waals surface area contributed by atoms with Crippen LogP contribution in [0.1, 0.15) is 5.56 Å². The molecule has 3 N–H and O–H groups in total. The highest BCUT2D eigenvalue weighted by atomic mass is 79.9. The topological polar surface area (TPSA) is 130 Å². The van der Waals surface area contributed by atoms with Crippen LogP contribution >= 0.6 is 15.9 Å². The molecule has 0 unspecified atom stereocenters. The number of carbonyl (C=O) groups excluding carboxylic acids is 1. The molecule has 2 rings (SSSR count). The first-order chi connectivity index (χ1) is 11.0. The number of hydrogen-bond acceptors (Lipinski definition) is 8. The molecule has 10 nitrogen and oxygen atoms in total. The average Bonchev–Trinajstić information content (AvgIpc) is 2.92. The number of nitrogens with zero attached hydrogens (tertiary/aromatic N) is 5. The monoisotopic (exact) mass is 383 g/mol. The quantitative estimate of drug-likeness (QED) is 0.537. The molecule has 0 aliphatic carbocycles. The number of ether oxygens (including phenoxy) is 2. The molecular formula is C12H14BrN7O3. The van der Waals surface area contributed by atoms with Crippen molar-refractivity contribution >= 4 is 34.0 Å². The summed E-state index contributed by atoms with van der Waals surface area (Å²) in [5.41, 5.74) is 8.31. The third-order valence-electron chi connectivity index (χ3n) is 2.65. The fraction of sp³-hybridized carbons (Fsp3) is 0.250. The third-order valence-corrected chi connectivity index (χ3v) is 3.27. The first-order valence-corrected chi connectivity index (χ1v) is 7.09. The summed E-state index contributed by atoms with van der Waals surface area (Å²) in [5.74, 6) is 0.742. The van der Waals surface area contributed by atoms with E-state index in [4.69, 9.17) is 15.2 Å². The van der Waals surface area contributed by atoms with Crippen molar-refractivity contribution in [2.75, 3.05) is 20.0 Å². The number of benzene rings is 1. The van der Waals surface area contributed by atoms with E-state index in [1.807, 2.05) is 0 Å². The lowest BCUT2D eigenvalue weighted by Gasteiger charge is -2.09. The van der Waals surface area contributed by atoms with Crippen molar-refractivity contribution in [2.45, 2.75) is 6.54 Å². The van der Waals surface area contributed by atoms with Crippen molar-refractivity contribution in [1.29, 1.82) is 0 Å². The lowest BCUT2D eigenvalue weighted by atomic mass is 10.2. The van der Waals surface area contributed by atoms with Crippen LogP contribution in [-0.2, 0) is 11.3 Å². The van der Waals surface area contributed by atoms with E-state index in [9.17, 15) is 4.79 Å². The Morgan fingerprint density at radius 2 is 2.17 bits per heavy atom. The van der Waals surface area contributed by atoms with Gasteiger partial charge in [-0.15, -0.1) is 5.10 Å². The number of nitrogens with one attached hydrogen (secondary N) is 1. The standard InChI is InChI=1S/C12H14BrN7O3/c1-22-9-4-10(23-2)8(13)3-7(9)5-15-16-11(21)6-20-18-12(14)17-19-20/h3-5H,6H2,1-2H3,(H2,14,18)(H,16,21)/b15-5+. The van der Waals surface area contributed by atoms with Crippen LogP contribution in [0.15, 0.2) is 21.7 Å². The average molecular weight is 384 g/mol. The Morgan fingerprint density at radius 1 is 1.43 bits per heavy atom. The van der Waals surface area contributed by atoms with Crippen LogP contribution in [0.5, 0.6) is 11.5 Å². The molecule has 2 aromatic rings. The number of nitrogens with two attached hydrogens (primary N) is 1. The van der Waals surface area contributed by atoms with Crippen molar-refractivity contribution in [3.8, 4) is 11.5 Å². The number of hydrogen-bond donors (Lipinski definition) is 2. The number of amides is 1. The predicted molar refractivity (Wildman–Crippen MR) is 85.2 cm³/mol. The van der Waals surface area contributed by atoms with Gasteiger partial charge >= 0.3 is 0 Å². The van der Waals surface area contributed by atoms with Crippen LogP contribution in [0.3, 0.4) is 0 Å². The normalized spacial score (nSPS) is 10.7. The van der Waals surface area contributed by atoms with Gasteiger partial charge in [-0.25, -0.2) is 5.43 Å². The van der Waals surface area contributed by atoms with Gasteiger partial charge in [0, 0.05) is 11.6 Å². The van der Waals surface area contributed by atoms with E-state index in [0.29, 0.717) is 17.1 Å². The maximum atomic E-state index is 11.7. The Labute approximate surface area is 139 Å². The molecule has 1 amide bonds. The Kier molecular flexibility index (Phi) is 5.46. The van der Waals surface area contributed by atoms with Crippen molar-refractivity contribution < 1.29 is 14.3 Å². The number of halogens is 1. The molecule has 0 saturated carbocycles. The minimum Gasteiger partial charge on any atom is -0.496 e. The second-order valence-corrected chi connectivity index (χ2v) is 5.05. The molecule has 0 aliphatic rings. The van der Waals surface area contributed by atoms with Crippen molar-refractivity contribution in [1.82, 2.24) is 25.6 Å². The number of anilines is 1. The Morgan fingerprint density at radius 3 is 2.78 bits per heavy atom. The number of carbonyl (C=O) groups is 1. The second-order valence-electron chi connectivity index (χ2n) is 4.20. The zero-order valence-corrected chi connectivity index (χ0v) is 13.9. The molecule has 1 aromatic carbocycles. The van der Waals surface area contributed by atoms with Gasteiger partial charge in [0.25, 0.3) is 11.9 Å². The molecule has 1 heterocycles. The first kappa shape index (κ1) is 16.7. The van der Waals surface area contributed by atoms with Crippen molar-refractivity contribution in [2.24, 2.45) is 5.10 Å². The molecule has 0 saturated heterocycles. The fourth-order valence-electron chi connectivity index (χ4n) is 1.64. The largest absolute Gasteiger partial charge is 0.496 e. The zero-order valence-electron chi connectivity index (χ0n) is 12.4. The number of nitrogen functional groups attached to an aromatic ring is 1. The Balaban J connectivity index is 2.02. The maximum Gasteiger partial charge on any atom is 0.263 e. The minimum absolute atomic E-state index is 0.00544. The molecule has 0 aliphatic heterocycles. The van der Waals surface area contributed by atoms with Gasteiger partial charge in [-0.05, 0) is 27.2 Å². The summed E-state index contributed by atoms with van der Waals surface area (Å²) >= 11 is 3.37. The molecule has 0 fully saturated rings. The van der Waals surface area contributed by atoms with Crippen molar-refractivity contribution in [3.05, 3.63) is 22.2 Å². The summed E-state index contributed by atoms with van der Waals surface area (Å²) in [6.45, 7) is -0.148. The number of hydrazone groups is 1. The van der Waals surface area contributed by atoms with Gasteiger partial charge in [0.05, 0.1) is 24.9 Å². The first-order valence-electron chi connectivity index (χ1n) is 6.30. The van der Waals surface area contributed by atoms with E-state index in [1.165, 1.54) is 13.3 Å². The number of rotatable bonds is 6. The van der Waals surface area contributed by atoms with E-state index < -0.39 is 5.91 Å². The Hall–Kier alpha value is -2.69. The molecule has 0 bridgehead atoms. The molecular weight excluding hydrogens is 370 g/mol. The van der Waals surface area contributed by atoms with Crippen LogP contribution in [0.25, 0.3) is 0 Å². The maximum absolute atomic E-state index is 11.7. The highest BCUT2D eigenvalue weighted by molar-refractivity contribution is 9.10. The van der Waals surface area contributed by atoms with Gasteiger partial charge in [0.15, 0.2) is 0 Å². The molecule has 11 heteroatoms. The van der Waals surface area contributed by atoms with E-state index in [0.717, 1.165) is 9.27 Å². The highest BCUT2D eigenvalue weighted by Crippen LogP contribution is 2.31. The Bertz CT molecular complexity index is 731. The van der Waals surface area contributed by atoms with Gasteiger partial charge < -0.3 is 15.2 Å². The summed E-state index contributed by atoms with van der Waals surface area (Å²) in [6, 6.07) is 3.46. The van der Waals surface area contributed by atoms with Crippen LogP contribution in [0.2, 0.25) is 0 Å². The zero-order chi connectivity index (χ0) is 16.8. The van der Waals surface area contributed by atoms with Gasteiger partial charge in [-0.1, -0.05) is 5.10 Å². The third kappa shape index (κ3) is 4.39. The van der Waals surface area contributed by atoms with E-state index >= 15 is 0 Å². The summed E-state index contributed by atoms with van der Waals surface area (Å²) in [7, 11) is 3.08. The number of tetrazole rings is 1. The molecule has 0 atom stereocenters. The van der Waals surface area contributed by atoms with Crippen LogP contribution in [-0.4, -0.2) is 46.5 Å². The van der Waals surface area contributed by atoms with E-state index in [1.54, 1.807) is 19.2 Å². The molecule has 1 aromatic heterocycles. The fourth-order valence-corrected chi connectivity index (χ4v) is 2.17. The molecule has 122 valence electrons. The summed E-state index contributed by atoms with van der Waals surface area (Å²) in [5, 5.41) is 14.6. The van der Waals surface area contributed by atoms with Gasteiger partial charge in [0.2, 0.25) is 0 Å². The van der Waals surface area contributed by atoms with E-state index in [-0.39, 0.29) is 12.5 Å². The lowest BCUT2D eigenvalue weighted by molar-refractivity contribution is -0.122. The molecule has 0 radical (unpaired) electrons. The highest BCUT2D eigenvalue weighted by Gasteiger charge is 2.09. The second kappa shape index (κ2) is 7.54. The SMILES string of the molecule is COc1cc(OC)c(/C=N/NC(=O)Cn2nnc(N)n2)cc1Br. The smallest absolute Gasteiger partial charge is 0.263 e. The molecule has 23 heavy (non-hydrogen) atoms. The van der Waals surface area contributed by atoms with Gasteiger partial charge in [-0.2, -0.15) is 9.90 Å². The summed E-state index contributed by atoms with van der Waals surface area (Å²) in [4.78, 5) is 12.7. The number of aromatic nitrogens is 4. The van der Waals surface area contributed by atoms with Crippen LogP contribution < -0.4 is 20.6 Å². The summed E-state index contributed by atoms with van der Waals surface area (Å²) < 4.78 is 11.2. The summed E-state index contributed by atoms with van der Waals surface area (Å²) in [6.07, 6.45) is 1.45. The lowest BCUT2D eigenvalue weighted by Crippen LogP contribution is -2.24. The van der Waals surface area contributed by atoms with Crippen LogP contribution in [0, 0.1) is 0 Å².